The summed E-state index contributed by atoms with van der Waals surface area (Å²) in [6, 6.07) is 6.56. The second-order valence-corrected chi connectivity index (χ2v) is 6.87. The highest BCUT2D eigenvalue weighted by molar-refractivity contribution is 5.94. The molecule has 0 bridgehead atoms. The number of carbonyl (C=O) groups is 3. The van der Waals surface area contributed by atoms with Gasteiger partial charge in [-0.1, -0.05) is 19.9 Å². The molecule has 1 saturated heterocycles. The highest BCUT2D eigenvalue weighted by Crippen LogP contribution is 2.20. The van der Waals surface area contributed by atoms with Crippen molar-refractivity contribution in [3.63, 3.8) is 0 Å². The number of nitrogens with one attached hydrogen (secondary N) is 1. The number of amides is 2. The normalized spacial score (nSPS) is 17.0. The number of carbonyl (C=O) groups excluding carboxylic acids is 2. The Morgan fingerprint density at radius 1 is 1.35 bits per heavy atom. The van der Waals surface area contributed by atoms with Gasteiger partial charge in [0, 0.05) is 31.1 Å². The molecular weight excluding hydrogens is 336 g/mol. The molecule has 0 aromatic heterocycles. The van der Waals surface area contributed by atoms with Gasteiger partial charge in [0.15, 0.2) is 6.61 Å². The molecule has 1 aliphatic rings. The highest BCUT2D eigenvalue weighted by Gasteiger charge is 2.25. The van der Waals surface area contributed by atoms with Crippen molar-refractivity contribution in [2.45, 2.75) is 26.7 Å². The Kier molecular flexibility index (Phi) is 7.00. The molecule has 2 amide bonds. The van der Waals surface area contributed by atoms with Crippen molar-refractivity contribution in [2.75, 3.05) is 26.2 Å². The fraction of sp³-hybridized carbons (Fsp3) is 0.526. The Morgan fingerprint density at radius 2 is 2.12 bits per heavy atom. The van der Waals surface area contributed by atoms with Crippen LogP contribution in [0.5, 0.6) is 5.75 Å². The quantitative estimate of drug-likeness (QED) is 0.771. The smallest absolute Gasteiger partial charge is 0.341 e. The topological polar surface area (TPSA) is 95.9 Å². The number of nitrogens with zero attached hydrogens (tertiary/aromatic N) is 1. The van der Waals surface area contributed by atoms with Crippen LogP contribution in [0.4, 0.5) is 0 Å². The first kappa shape index (κ1) is 19.8. The van der Waals surface area contributed by atoms with Crippen LogP contribution in [-0.4, -0.2) is 54.0 Å². The summed E-state index contributed by atoms with van der Waals surface area (Å²) in [7, 11) is 0. The Hall–Kier alpha value is -2.57. The number of carboxylic acid groups (broad SMARTS) is 1. The molecule has 2 rings (SSSR count). The van der Waals surface area contributed by atoms with Crippen LogP contribution in [0.1, 0.15) is 37.0 Å². The van der Waals surface area contributed by atoms with E-state index >= 15 is 0 Å². The average molecular weight is 362 g/mol. The SMILES string of the molecule is CC(C)C(=O)NCC1CCCN(C(=O)c2cccc(OCC(=O)O)c2)C1. The van der Waals surface area contributed by atoms with Crippen LogP contribution in [0, 0.1) is 11.8 Å². The summed E-state index contributed by atoms with van der Waals surface area (Å²) < 4.78 is 5.14. The second-order valence-electron chi connectivity index (χ2n) is 6.87. The lowest BCUT2D eigenvalue weighted by atomic mass is 9.97. The monoisotopic (exact) mass is 362 g/mol. The number of benzene rings is 1. The predicted octanol–water partition coefficient (Wildman–Crippen LogP) is 1.77. The third-order valence-corrected chi connectivity index (χ3v) is 4.34. The van der Waals surface area contributed by atoms with E-state index in [0.29, 0.717) is 30.9 Å². The van der Waals surface area contributed by atoms with Crippen LogP contribution in [-0.2, 0) is 9.59 Å². The van der Waals surface area contributed by atoms with Gasteiger partial charge < -0.3 is 20.1 Å². The summed E-state index contributed by atoms with van der Waals surface area (Å²) >= 11 is 0. The molecule has 1 aliphatic heterocycles. The molecule has 0 radical (unpaired) electrons. The minimum atomic E-state index is -1.07. The van der Waals surface area contributed by atoms with Crippen molar-refractivity contribution in [3.05, 3.63) is 29.8 Å². The van der Waals surface area contributed by atoms with Gasteiger partial charge in [0.05, 0.1) is 0 Å². The molecule has 7 nitrogen and oxygen atoms in total. The van der Waals surface area contributed by atoms with E-state index in [1.54, 1.807) is 29.2 Å². The number of rotatable bonds is 7. The Morgan fingerprint density at radius 3 is 2.81 bits per heavy atom. The Labute approximate surface area is 153 Å². The standard InChI is InChI=1S/C19H26N2O5/c1-13(2)18(24)20-10-14-5-4-8-21(11-14)19(25)15-6-3-7-16(9-15)26-12-17(22)23/h3,6-7,9,13-14H,4-5,8,10-12H2,1-2H3,(H,20,24)(H,22,23). The molecule has 142 valence electrons. The third kappa shape index (κ3) is 5.75. The zero-order valence-corrected chi connectivity index (χ0v) is 15.2. The maximum atomic E-state index is 12.7. The van der Waals surface area contributed by atoms with Crippen LogP contribution in [0.3, 0.4) is 0 Å². The molecule has 1 aromatic carbocycles. The Bertz CT molecular complexity index is 659. The minimum absolute atomic E-state index is 0.0248. The number of hydrogen-bond donors (Lipinski definition) is 2. The van der Waals surface area contributed by atoms with Crippen LogP contribution >= 0.6 is 0 Å². The first-order valence-corrected chi connectivity index (χ1v) is 8.88. The van der Waals surface area contributed by atoms with Crippen molar-refractivity contribution in [1.82, 2.24) is 10.2 Å². The lowest BCUT2D eigenvalue weighted by molar-refractivity contribution is -0.139. The van der Waals surface area contributed by atoms with Gasteiger partial charge in [0.1, 0.15) is 5.75 Å². The number of aliphatic carboxylic acids is 1. The van der Waals surface area contributed by atoms with E-state index in [9.17, 15) is 14.4 Å². The van der Waals surface area contributed by atoms with Gasteiger partial charge in [0.25, 0.3) is 5.91 Å². The second kappa shape index (κ2) is 9.22. The molecular formula is C19H26N2O5. The zero-order valence-electron chi connectivity index (χ0n) is 15.2. The molecule has 1 aromatic rings. The highest BCUT2D eigenvalue weighted by atomic mass is 16.5. The average Bonchev–Trinajstić information content (AvgIpc) is 2.64. The number of hydrogen-bond acceptors (Lipinski definition) is 4. The molecule has 1 heterocycles. The van der Waals surface area contributed by atoms with Crippen molar-refractivity contribution in [2.24, 2.45) is 11.8 Å². The molecule has 0 aliphatic carbocycles. The van der Waals surface area contributed by atoms with Crippen LogP contribution in [0.2, 0.25) is 0 Å². The number of carboxylic acids is 1. The van der Waals surface area contributed by atoms with Crippen molar-refractivity contribution >= 4 is 17.8 Å². The maximum Gasteiger partial charge on any atom is 0.341 e. The van der Waals surface area contributed by atoms with Gasteiger partial charge in [0.2, 0.25) is 5.91 Å². The molecule has 2 N–H and O–H groups in total. The predicted molar refractivity (Wildman–Crippen MR) is 96.0 cm³/mol. The van der Waals surface area contributed by atoms with E-state index < -0.39 is 12.6 Å². The van der Waals surface area contributed by atoms with Gasteiger partial charge in [-0.05, 0) is 37.0 Å². The van der Waals surface area contributed by atoms with Crippen LogP contribution in [0.25, 0.3) is 0 Å². The molecule has 0 saturated carbocycles. The molecule has 1 unspecified atom stereocenters. The summed E-state index contributed by atoms with van der Waals surface area (Å²) in [5, 5.41) is 11.6. The number of piperidine rings is 1. The van der Waals surface area contributed by atoms with Gasteiger partial charge >= 0.3 is 5.97 Å². The van der Waals surface area contributed by atoms with Gasteiger partial charge in [-0.3, -0.25) is 9.59 Å². The van der Waals surface area contributed by atoms with E-state index in [1.807, 2.05) is 13.8 Å². The summed E-state index contributed by atoms with van der Waals surface area (Å²) in [6.45, 7) is 5.10. The number of ether oxygens (including phenoxy) is 1. The first-order chi connectivity index (χ1) is 12.4. The Balaban J connectivity index is 1.95. The minimum Gasteiger partial charge on any atom is -0.482 e. The van der Waals surface area contributed by atoms with Crippen LogP contribution in [0.15, 0.2) is 24.3 Å². The summed E-state index contributed by atoms with van der Waals surface area (Å²) in [4.78, 5) is 36.9. The van der Waals surface area contributed by atoms with E-state index in [-0.39, 0.29) is 23.7 Å². The van der Waals surface area contributed by atoms with Crippen molar-refractivity contribution in [1.29, 1.82) is 0 Å². The summed E-state index contributed by atoms with van der Waals surface area (Å²) in [5.41, 5.74) is 0.472. The van der Waals surface area contributed by atoms with E-state index in [2.05, 4.69) is 5.32 Å². The van der Waals surface area contributed by atoms with Crippen molar-refractivity contribution in [3.8, 4) is 5.75 Å². The molecule has 0 spiro atoms. The molecule has 1 fully saturated rings. The largest absolute Gasteiger partial charge is 0.482 e. The summed E-state index contributed by atoms with van der Waals surface area (Å²) in [6.07, 6.45) is 1.87. The fourth-order valence-corrected chi connectivity index (χ4v) is 2.91. The van der Waals surface area contributed by atoms with Crippen LogP contribution < -0.4 is 10.1 Å². The van der Waals surface area contributed by atoms with Gasteiger partial charge in [-0.15, -0.1) is 0 Å². The lowest BCUT2D eigenvalue weighted by Gasteiger charge is -2.33. The lowest BCUT2D eigenvalue weighted by Crippen LogP contribution is -2.44. The van der Waals surface area contributed by atoms with Crippen molar-refractivity contribution < 1.29 is 24.2 Å². The number of likely N-dealkylation sites (tertiary alicyclic amines) is 1. The molecule has 26 heavy (non-hydrogen) atoms. The van der Waals surface area contributed by atoms with Gasteiger partial charge in [-0.2, -0.15) is 0 Å². The maximum absolute atomic E-state index is 12.7. The zero-order chi connectivity index (χ0) is 19.1. The summed E-state index contributed by atoms with van der Waals surface area (Å²) in [5.74, 6) is -0.603. The van der Waals surface area contributed by atoms with E-state index in [0.717, 1.165) is 12.8 Å². The van der Waals surface area contributed by atoms with Gasteiger partial charge in [-0.25, -0.2) is 4.79 Å². The van der Waals surface area contributed by atoms with E-state index in [1.165, 1.54) is 0 Å². The fourth-order valence-electron chi connectivity index (χ4n) is 2.91. The van der Waals surface area contributed by atoms with E-state index in [4.69, 9.17) is 9.84 Å². The molecule has 7 heteroatoms. The third-order valence-electron chi connectivity index (χ3n) is 4.34. The molecule has 1 atom stereocenters. The first-order valence-electron chi connectivity index (χ1n) is 8.88.